The highest BCUT2D eigenvalue weighted by molar-refractivity contribution is 7.89. The van der Waals surface area contributed by atoms with Crippen LogP contribution in [0.3, 0.4) is 0 Å². The van der Waals surface area contributed by atoms with Gasteiger partial charge in [0.15, 0.2) is 4.90 Å². The van der Waals surface area contributed by atoms with E-state index >= 15 is 0 Å². The van der Waals surface area contributed by atoms with Crippen LogP contribution in [0.25, 0.3) is 5.69 Å². The standard InChI is InChI=1S/C28H35F2N5O5S/c1-4-11-20(28(37)40-6-3)18-31-25-24(19-32-35(27(25)36)21-12-8-7-9-13-21)34(5-2)17-16-33-41(38,39)26-22(29)14-10-15-23(26)30/h7-10,12-15,19-20,31,33H,4-6,11,16-18H2,1-3H3. The molecule has 0 saturated carbocycles. The number of sulfonamides is 1. The maximum absolute atomic E-state index is 14.1. The van der Waals surface area contributed by atoms with Gasteiger partial charge in [0.25, 0.3) is 5.56 Å². The SMILES string of the molecule is CCCC(CNc1c(N(CC)CCNS(=O)(=O)c2c(F)cccc2F)cnn(-c2ccccc2)c1=O)C(=O)OCC. The maximum atomic E-state index is 14.1. The number of para-hydroxylation sites is 1. The lowest BCUT2D eigenvalue weighted by molar-refractivity contribution is -0.147. The number of halogens is 2. The molecule has 0 spiro atoms. The first-order valence-corrected chi connectivity index (χ1v) is 14.9. The fourth-order valence-electron chi connectivity index (χ4n) is 4.32. The lowest BCUT2D eigenvalue weighted by atomic mass is 10.0. The van der Waals surface area contributed by atoms with Gasteiger partial charge in [-0.25, -0.2) is 21.9 Å². The molecule has 1 unspecified atom stereocenters. The molecule has 1 aromatic heterocycles. The van der Waals surface area contributed by atoms with E-state index in [0.717, 1.165) is 24.6 Å². The second kappa shape index (κ2) is 14.7. The Morgan fingerprint density at radius 2 is 1.76 bits per heavy atom. The quantitative estimate of drug-likeness (QED) is 0.257. The van der Waals surface area contributed by atoms with Crippen molar-refractivity contribution in [2.75, 3.05) is 43.0 Å². The monoisotopic (exact) mass is 591 g/mol. The highest BCUT2D eigenvalue weighted by Crippen LogP contribution is 2.23. The molecule has 41 heavy (non-hydrogen) atoms. The predicted octanol–water partition coefficient (Wildman–Crippen LogP) is 3.71. The minimum atomic E-state index is -4.49. The van der Waals surface area contributed by atoms with Gasteiger partial charge in [0, 0.05) is 26.2 Å². The summed E-state index contributed by atoms with van der Waals surface area (Å²) in [6, 6.07) is 11.6. The first-order chi connectivity index (χ1) is 19.6. The van der Waals surface area contributed by atoms with E-state index in [1.807, 2.05) is 13.0 Å². The van der Waals surface area contributed by atoms with Crippen molar-refractivity contribution in [3.05, 3.63) is 76.7 Å². The second-order valence-corrected chi connectivity index (χ2v) is 10.8. The maximum Gasteiger partial charge on any atom is 0.310 e. The first kappa shape index (κ1) is 31.7. The zero-order valence-electron chi connectivity index (χ0n) is 23.3. The van der Waals surface area contributed by atoms with Crippen molar-refractivity contribution in [2.45, 2.75) is 38.5 Å². The Hall–Kier alpha value is -3.84. The normalized spacial score (nSPS) is 12.1. The van der Waals surface area contributed by atoms with Crippen molar-refractivity contribution < 1.29 is 26.7 Å². The molecular weight excluding hydrogens is 556 g/mol. The molecule has 0 aliphatic rings. The minimum absolute atomic E-state index is 0.0488. The van der Waals surface area contributed by atoms with Crippen LogP contribution in [0.4, 0.5) is 20.2 Å². The number of nitrogens with one attached hydrogen (secondary N) is 2. The van der Waals surface area contributed by atoms with Crippen LogP contribution in [-0.4, -0.2) is 57.0 Å². The van der Waals surface area contributed by atoms with Crippen molar-refractivity contribution in [3.8, 4) is 5.69 Å². The van der Waals surface area contributed by atoms with Crippen molar-refractivity contribution in [1.82, 2.24) is 14.5 Å². The van der Waals surface area contributed by atoms with Crippen LogP contribution in [0.2, 0.25) is 0 Å². The zero-order chi connectivity index (χ0) is 30.0. The fourth-order valence-corrected chi connectivity index (χ4v) is 5.47. The molecule has 0 amide bonds. The molecule has 1 atom stereocenters. The molecule has 0 bridgehead atoms. The smallest absolute Gasteiger partial charge is 0.310 e. The molecule has 0 aliphatic carbocycles. The molecule has 0 saturated heterocycles. The van der Waals surface area contributed by atoms with E-state index < -0.39 is 38.0 Å². The summed E-state index contributed by atoms with van der Waals surface area (Å²) < 4.78 is 62.1. The van der Waals surface area contributed by atoms with Gasteiger partial charge in [-0.3, -0.25) is 9.59 Å². The number of esters is 1. The Bertz CT molecular complexity index is 1460. The molecule has 2 aromatic carbocycles. The van der Waals surface area contributed by atoms with Gasteiger partial charge in [0.2, 0.25) is 10.0 Å². The Morgan fingerprint density at radius 1 is 1.07 bits per heavy atom. The van der Waals surface area contributed by atoms with Crippen LogP contribution in [0.5, 0.6) is 0 Å². The number of likely N-dealkylation sites (N-methyl/N-ethyl adjacent to an activating group) is 1. The highest BCUT2D eigenvalue weighted by Gasteiger charge is 2.25. The zero-order valence-corrected chi connectivity index (χ0v) is 24.1. The summed E-state index contributed by atoms with van der Waals surface area (Å²) >= 11 is 0. The molecule has 0 aliphatic heterocycles. The summed E-state index contributed by atoms with van der Waals surface area (Å²) in [7, 11) is -4.49. The molecule has 13 heteroatoms. The van der Waals surface area contributed by atoms with Gasteiger partial charge in [-0.2, -0.15) is 9.78 Å². The molecule has 10 nitrogen and oxygen atoms in total. The Morgan fingerprint density at radius 3 is 2.37 bits per heavy atom. The van der Waals surface area contributed by atoms with E-state index in [1.54, 1.807) is 43.0 Å². The van der Waals surface area contributed by atoms with Crippen molar-refractivity contribution >= 4 is 27.4 Å². The average molecular weight is 592 g/mol. The predicted molar refractivity (Wildman–Crippen MR) is 153 cm³/mol. The molecular formula is C28H35F2N5O5S. The summed E-state index contributed by atoms with van der Waals surface area (Å²) in [6.45, 7) is 6.01. The van der Waals surface area contributed by atoms with E-state index in [4.69, 9.17) is 4.74 Å². The number of rotatable bonds is 15. The third kappa shape index (κ3) is 7.88. The molecule has 0 radical (unpaired) electrons. The number of aromatic nitrogens is 2. The Balaban J connectivity index is 1.91. The minimum Gasteiger partial charge on any atom is -0.466 e. The van der Waals surface area contributed by atoms with Gasteiger partial charge in [-0.05, 0) is 44.5 Å². The number of benzene rings is 2. The number of carbonyl (C=O) groups is 1. The van der Waals surface area contributed by atoms with E-state index in [9.17, 15) is 26.8 Å². The number of hydrogen-bond donors (Lipinski definition) is 2. The molecule has 3 rings (SSSR count). The lowest BCUT2D eigenvalue weighted by Gasteiger charge is -2.26. The van der Waals surface area contributed by atoms with Gasteiger partial charge in [-0.1, -0.05) is 37.6 Å². The molecule has 2 N–H and O–H groups in total. The average Bonchev–Trinajstić information content (AvgIpc) is 2.94. The van der Waals surface area contributed by atoms with Crippen LogP contribution >= 0.6 is 0 Å². The molecule has 0 fully saturated rings. The van der Waals surface area contributed by atoms with Crippen LogP contribution in [0.15, 0.2) is 64.4 Å². The number of ether oxygens (including phenoxy) is 1. The van der Waals surface area contributed by atoms with E-state index in [0.29, 0.717) is 24.3 Å². The van der Waals surface area contributed by atoms with Gasteiger partial charge in [-0.15, -0.1) is 0 Å². The summed E-state index contributed by atoms with van der Waals surface area (Å²) in [5.74, 6) is -3.27. The summed E-state index contributed by atoms with van der Waals surface area (Å²) in [5.41, 5.74) is 0.602. The van der Waals surface area contributed by atoms with E-state index in [-0.39, 0.29) is 37.9 Å². The van der Waals surface area contributed by atoms with Crippen molar-refractivity contribution in [1.29, 1.82) is 0 Å². The van der Waals surface area contributed by atoms with Gasteiger partial charge >= 0.3 is 5.97 Å². The van der Waals surface area contributed by atoms with Gasteiger partial charge < -0.3 is 15.0 Å². The Kier molecular flexibility index (Phi) is 11.4. The summed E-state index contributed by atoms with van der Waals surface area (Å²) in [6.07, 6.45) is 2.75. The third-order valence-electron chi connectivity index (χ3n) is 6.32. The van der Waals surface area contributed by atoms with E-state index in [2.05, 4.69) is 15.1 Å². The molecule has 1 heterocycles. The first-order valence-electron chi connectivity index (χ1n) is 13.4. The topological polar surface area (TPSA) is 123 Å². The second-order valence-electron chi connectivity index (χ2n) is 9.10. The fraction of sp³-hybridized carbons (Fsp3) is 0.393. The van der Waals surface area contributed by atoms with Crippen LogP contribution < -0.4 is 20.5 Å². The van der Waals surface area contributed by atoms with Crippen LogP contribution in [0, 0.1) is 17.6 Å². The Labute approximate surface area is 238 Å². The largest absolute Gasteiger partial charge is 0.466 e. The number of anilines is 2. The summed E-state index contributed by atoms with van der Waals surface area (Å²) in [5, 5.41) is 7.45. The van der Waals surface area contributed by atoms with Crippen LogP contribution in [-0.2, 0) is 19.6 Å². The third-order valence-corrected chi connectivity index (χ3v) is 7.84. The van der Waals surface area contributed by atoms with E-state index in [1.165, 1.54) is 10.9 Å². The van der Waals surface area contributed by atoms with Crippen LogP contribution in [0.1, 0.15) is 33.6 Å². The highest BCUT2D eigenvalue weighted by atomic mass is 32.2. The number of nitrogens with zero attached hydrogens (tertiary/aromatic N) is 3. The molecule has 222 valence electrons. The van der Waals surface area contributed by atoms with Crippen molar-refractivity contribution in [2.24, 2.45) is 5.92 Å². The number of carbonyl (C=O) groups excluding carboxylic acids is 1. The van der Waals surface area contributed by atoms with Gasteiger partial charge in [0.05, 0.1) is 30.1 Å². The summed E-state index contributed by atoms with van der Waals surface area (Å²) in [4.78, 5) is 26.8. The lowest BCUT2D eigenvalue weighted by Crippen LogP contribution is -2.38. The van der Waals surface area contributed by atoms with Crippen molar-refractivity contribution in [3.63, 3.8) is 0 Å². The number of hydrogen-bond acceptors (Lipinski definition) is 8. The molecule has 3 aromatic rings. The van der Waals surface area contributed by atoms with Gasteiger partial charge in [0.1, 0.15) is 17.3 Å².